The van der Waals surface area contributed by atoms with Gasteiger partial charge in [-0.25, -0.2) is 5.01 Å². The van der Waals surface area contributed by atoms with Gasteiger partial charge in [-0.3, -0.25) is 11.2 Å². The maximum atomic E-state index is 5.56. The zero-order chi connectivity index (χ0) is 5.98. The van der Waals surface area contributed by atoms with Gasteiger partial charge in [0.2, 0.25) is 0 Å². The van der Waals surface area contributed by atoms with Gasteiger partial charge < -0.3 is 0 Å². The predicted octanol–water partition coefficient (Wildman–Crippen LogP) is -0.499. The molecular formula is C5H13N3. The summed E-state index contributed by atoms with van der Waals surface area (Å²) in [4.78, 5) is 0. The lowest BCUT2D eigenvalue weighted by molar-refractivity contribution is 0.243. The number of hydrogen-bond acceptors (Lipinski definition) is 3. The van der Waals surface area contributed by atoms with Crippen molar-refractivity contribution < 1.29 is 0 Å². The molecule has 3 heteroatoms. The third kappa shape index (κ3) is 0.992. The van der Waals surface area contributed by atoms with Gasteiger partial charge in [0.25, 0.3) is 0 Å². The summed E-state index contributed by atoms with van der Waals surface area (Å²) in [7, 11) is 0. The van der Waals surface area contributed by atoms with Crippen LogP contribution in [-0.2, 0) is 0 Å². The first-order valence-corrected chi connectivity index (χ1v) is 3.09. The fourth-order valence-electron chi connectivity index (χ4n) is 1.01. The molecule has 0 bridgehead atoms. The van der Waals surface area contributed by atoms with Crippen LogP contribution in [0.3, 0.4) is 0 Å². The molecule has 0 aromatic rings. The van der Waals surface area contributed by atoms with Crippen molar-refractivity contribution >= 4 is 0 Å². The molecule has 1 aliphatic heterocycles. The number of rotatable bonds is 1. The van der Waals surface area contributed by atoms with Crippen LogP contribution in [0.4, 0.5) is 0 Å². The molecule has 0 saturated carbocycles. The second-order valence-corrected chi connectivity index (χ2v) is 2.12. The lowest BCUT2D eigenvalue weighted by Crippen LogP contribution is -2.39. The normalized spacial score (nSPS) is 31.5. The first kappa shape index (κ1) is 6.01. The van der Waals surface area contributed by atoms with E-state index >= 15 is 0 Å². The molecule has 0 aromatic carbocycles. The number of nitrogens with zero attached hydrogens (tertiary/aromatic N) is 1. The van der Waals surface area contributed by atoms with Crippen LogP contribution >= 0.6 is 0 Å². The number of hydrazine groups is 1. The van der Waals surface area contributed by atoms with Crippen LogP contribution in [0.15, 0.2) is 0 Å². The molecule has 0 radical (unpaired) electrons. The summed E-state index contributed by atoms with van der Waals surface area (Å²) in [6.45, 7) is 4.15. The van der Waals surface area contributed by atoms with Crippen LogP contribution in [0.2, 0.25) is 0 Å². The Morgan fingerprint density at radius 1 is 1.88 bits per heavy atom. The minimum atomic E-state index is 0.426. The average Bonchev–Trinajstić information content (AvgIpc) is 2.14. The molecule has 1 unspecified atom stereocenters. The standard InChI is InChI=1S/C5H13N3/c1-2-5-7-3-4-8(5)6/h5,7H,2-4,6H2,1H3. The monoisotopic (exact) mass is 115 g/mol. The van der Waals surface area contributed by atoms with Gasteiger partial charge in [-0.1, -0.05) is 6.92 Å². The highest BCUT2D eigenvalue weighted by Crippen LogP contribution is 1.98. The van der Waals surface area contributed by atoms with Gasteiger partial charge in [-0.05, 0) is 6.42 Å². The topological polar surface area (TPSA) is 41.3 Å². The van der Waals surface area contributed by atoms with Crippen molar-refractivity contribution in [1.82, 2.24) is 10.3 Å². The molecule has 1 rings (SSSR count). The summed E-state index contributed by atoms with van der Waals surface area (Å²) in [6, 6.07) is 0. The highest BCUT2D eigenvalue weighted by atomic mass is 15.5. The second-order valence-electron chi connectivity index (χ2n) is 2.12. The molecule has 1 atom stereocenters. The second kappa shape index (κ2) is 2.44. The Labute approximate surface area is 49.8 Å². The maximum absolute atomic E-state index is 5.56. The number of hydrogen-bond donors (Lipinski definition) is 2. The van der Waals surface area contributed by atoms with E-state index in [2.05, 4.69) is 12.2 Å². The minimum Gasteiger partial charge on any atom is -0.299 e. The van der Waals surface area contributed by atoms with Crippen LogP contribution in [-0.4, -0.2) is 24.3 Å². The molecule has 0 amide bonds. The summed E-state index contributed by atoms with van der Waals surface area (Å²) in [6.07, 6.45) is 1.52. The van der Waals surface area contributed by atoms with Crippen LogP contribution in [0.25, 0.3) is 0 Å². The SMILES string of the molecule is CCC1NCCN1N. The van der Waals surface area contributed by atoms with E-state index in [0.29, 0.717) is 6.17 Å². The predicted molar refractivity (Wildman–Crippen MR) is 33.0 cm³/mol. The highest BCUT2D eigenvalue weighted by Gasteiger charge is 2.17. The van der Waals surface area contributed by atoms with E-state index in [-0.39, 0.29) is 0 Å². The Hall–Kier alpha value is -0.120. The van der Waals surface area contributed by atoms with Gasteiger partial charge in [0.1, 0.15) is 0 Å². The summed E-state index contributed by atoms with van der Waals surface area (Å²) >= 11 is 0. The molecule has 1 heterocycles. The zero-order valence-corrected chi connectivity index (χ0v) is 5.22. The number of nitrogens with two attached hydrogens (primary N) is 1. The van der Waals surface area contributed by atoms with Crippen LogP contribution in [0.5, 0.6) is 0 Å². The van der Waals surface area contributed by atoms with Crippen LogP contribution < -0.4 is 11.2 Å². The third-order valence-electron chi connectivity index (χ3n) is 1.54. The van der Waals surface area contributed by atoms with Crippen molar-refractivity contribution in [2.75, 3.05) is 13.1 Å². The van der Waals surface area contributed by atoms with E-state index in [1.54, 1.807) is 0 Å². The third-order valence-corrected chi connectivity index (χ3v) is 1.54. The fourth-order valence-corrected chi connectivity index (χ4v) is 1.01. The van der Waals surface area contributed by atoms with Crippen molar-refractivity contribution in [2.24, 2.45) is 5.84 Å². The molecule has 1 aliphatic rings. The van der Waals surface area contributed by atoms with Gasteiger partial charge in [0.05, 0.1) is 6.17 Å². The van der Waals surface area contributed by atoms with Gasteiger partial charge in [0, 0.05) is 13.1 Å². The van der Waals surface area contributed by atoms with E-state index in [1.807, 2.05) is 5.01 Å². The quantitative estimate of drug-likeness (QED) is 0.453. The van der Waals surface area contributed by atoms with E-state index in [9.17, 15) is 0 Å². The molecule has 0 spiro atoms. The summed E-state index contributed by atoms with van der Waals surface area (Å²) in [5, 5.41) is 5.10. The molecule has 1 fully saturated rings. The van der Waals surface area contributed by atoms with E-state index < -0.39 is 0 Å². The van der Waals surface area contributed by atoms with Gasteiger partial charge >= 0.3 is 0 Å². The van der Waals surface area contributed by atoms with Crippen molar-refractivity contribution in [3.05, 3.63) is 0 Å². The van der Waals surface area contributed by atoms with E-state index in [1.165, 1.54) is 0 Å². The van der Waals surface area contributed by atoms with Crippen molar-refractivity contribution in [2.45, 2.75) is 19.5 Å². The highest BCUT2D eigenvalue weighted by molar-refractivity contribution is 4.70. The average molecular weight is 115 g/mol. The molecule has 8 heavy (non-hydrogen) atoms. The first-order valence-electron chi connectivity index (χ1n) is 3.09. The largest absolute Gasteiger partial charge is 0.299 e. The molecular weight excluding hydrogens is 102 g/mol. The van der Waals surface area contributed by atoms with Gasteiger partial charge in [0.15, 0.2) is 0 Å². The molecule has 48 valence electrons. The smallest absolute Gasteiger partial charge is 0.0728 e. The van der Waals surface area contributed by atoms with Crippen LogP contribution in [0.1, 0.15) is 13.3 Å². The summed E-state index contributed by atoms with van der Waals surface area (Å²) in [5.41, 5.74) is 0. The van der Waals surface area contributed by atoms with Gasteiger partial charge in [-0.2, -0.15) is 0 Å². The lowest BCUT2D eigenvalue weighted by Gasteiger charge is -2.15. The fraction of sp³-hybridized carbons (Fsp3) is 1.00. The molecule has 0 aliphatic carbocycles. The Kier molecular flexibility index (Phi) is 1.83. The van der Waals surface area contributed by atoms with Crippen LogP contribution in [0, 0.1) is 0 Å². The maximum Gasteiger partial charge on any atom is 0.0728 e. The van der Waals surface area contributed by atoms with E-state index in [4.69, 9.17) is 5.84 Å². The van der Waals surface area contributed by atoms with Gasteiger partial charge in [-0.15, -0.1) is 0 Å². The van der Waals surface area contributed by atoms with Crippen molar-refractivity contribution in [3.63, 3.8) is 0 Å². The minimum absolute atomic E-state index is 0.426. The summed E-state index contributed by atoms with van der Waals surface area (Å²) in [5.74, 6) is 5.56. The summed E-state index contributed by atoms with van der Waals surface area (Å²) < 4.78 is 0. The molecule has 3 N–H and O–H groups in total. The Morgan fingerprint density at radius 3 is 2.88 bits per heavy atom. The van der Waals surface area contributed by atoms with E-state index in [0.717, 1.165) is 19.5 Å². The Balaban J connectivity index is 2.30. The first-order chi connectivity index (χ1) is 3.84. The van der Waals surface area contributed by atoms with Crippen molar-refractivity contribution in [1.29, 1.82) is 0 Å². The Morgan fingerprint density at radius 2 is 2.62 bits per heavy atom. The molecule has 0 aromatic heterocycles. The molecule has 1 saturated heterocycles. The van der Waals surface area contributed by atoms with Crippen molar-refractivity contribution in [3.8, 4) is 0 Å². The lowest BCUT2D eigenvalue weighted by atomic mass is 10.4. The Bertz CT molecular complexity index is 74.1. The number of nitrogens with one attached hydrogen (secondary N) is 1. The molecule has 3 nitrogen and oxygen atoms in total. The zero-order valence-electron chi connectivity index (χ0n) is 5.22.